The molecule has 0 unspecified atom stereocenters. The standard InChI is InChI=1S/C18H19ClN2O6S/c1-11-7-13(19)8-12(2)18(11)27-10-17(23)26-9-16(22)21-14-3-5-15(6-4-14)28(20,24)25/h3-8H,9-10H2,1-2H3,(H,21,22)(H2,20,24,25). The Kier molecular flexibility index (Phi) is 7.00. The molecule has 0 aliphatic heterocycles. The van der Waals surface area contributed by atoms with Crippen molar-refractivity contribution in [1.29, 1.82) is 0 Å². The zero-order chi connectivity index (χ0) is 20.9. The van der Waals surface area contributed by atoms with E-state index in [0.29, 0.717) is 16.5 Å². The Morgan fingerprint density at radius 1 is 1.07 bits per heavy atom. The van der Waals surface area contributed by atoms with Crippen molar-refractivity contribution in [2.75, 3.05) is 18.5 Å². The minimum atomic E-state index is -3.81. The maximum Gasteiger partial charge on any atom is 0.344 e. The SMILES string of the molecule is Cc1cc(Cl)cc(C)c1OCC(=O)OCC(=O)Nc1ccc(S(N)(=O)=O)cc1. The predicted molar refractivity (Wildman–Crippen MR) is 104 cm³/mol. The van der Waals surface area contributed by atoms with Crippen molar-refractivity contribution in [3.8, 4) is 5.75 Å². The Morgan fingerprint density at radius 2 is 1.64 bits per heavy atom. The lowest BCUT2D eigenvalue weighted by Gasteiger charge is -2.12. The Balaban J connectivity index is 1.82. The van der Waals surface area contributed by atoms with Gasteiger partial charge in [-0.1, -0.05) is 11.6 Å². The molecule has 0 atom stereocenters. The molecule has 0 spiro atoms. The van der Waals surface area contributed by atoms with Crippen molar-refractivity contribution in [3.63, 3.8) is 0 Å². The first kappa shape index (κ1) is 21.7. The molecule has 150 valence electrons. The van der Waals surface area contributed by atoms with E-state index in [1.165, 1.54) is 24.3 Å². The monoisotopic (exact) mass is 426 g/mol. The van der Waals surface area contributed by atoms with Gasteiger partial charge in [0.15, 0.2) is 13.2 Å². The van der Waals surface area contributed by atoms with Crippen LogP contribution in [0.1, 0.15) is 11.1 Å². The lowest BCUT2D eigenvalue weighted by Crippen LogP contribution is -2.24. The highest BCUT2D eigenvalue weighted by molar-refractivity contribution is 7.89. The van der Waals surface area contributed by atoms with Crippen LogP contribution in [0.5, 0.6) is 5.75 Å². The molecule has 0 aliphatic carbocycles. The average Bonchev–Trinajstić information content (AvgIpc) is 2.58. The third-order valence-electron chi connectivity index (χ3n) is 3.59. The van der Waals surface area contributed by atoms with Crippen LogP contribution in [0.2, 0.25) is 5.02 Å². The molecule has 0 fully saturated rings. The predicted octanol–water partition coefficient (Wildman–Crippen LogP) is 2.16. The van der Waals surface area contributed by atoms with Crippen LogP contribution in [0.25, 0.3) is 0 Å². The van der Waals surface area contributed by atoms with Gasteiger partial charge < -0.3 is 14.8 Å². The van der Waals surface area contributed by atoms with Gasteiger partial charge >= 0.3 is 5.97 Å². The van der Waals surface area contributed by atoms with E-state index in [9.17, 15) is 18.0 Å². The number of sulfonamides is 1. The van der Waals surface area contributed by atoms with Crippen molar-refractivity contribution in [2.24, 2.45) is 5.14 Å². The number of anilines is 1. The minimum absolute atomic E-state index is 0.0816. The van der Waals surface area contributed by atoms with Crippen LogP contribution in [0, 0.1) is 13.8 Å². The number of rotatable bonds is 7. The molecule has 2 aromatic rings. The summed E-state index contributed by atoms with van der Waals surface area (Å²) in [6.45, 7) is 2.72. The van der Waals surface area contributed by atoms with Gasteiger partial charge in [-0.25, -0.2) is 18.4 Å². The van der Waals surface area contributed by atoms with E-state index in [-0.39, 0.29) is 11.5 Å². The van der Waals surface area contributed by atoms with Gasteiger partial charge in [0.25, 0.3) is 5.91 Å². The quantitative estimate of drug-likeness (QED) is 0.653. The molecule has 0 heterocycles. The summed E-state index contributed by atoms with van der Waals surface area (Å²) in [5, 5.41) is 8.03. The fourth-order valence-corrected chi connectivity index (χ4v) is 3.21. The van der Waals surface area contributed by atoms with Crippen molar-refractivity contribution >= 4 is 39.2 Å². The van der Waals surface area contributed by atoms with Gasteiger partial charge in [-0.15, -0.1) is 0 Å². The minimum Gasteiger partial charge on any atom is -0.481 e. The van der Waals surface area contributed by atoms with E-state index in [2.05, 4.69) is 5.32 Å². The smallest absolute Gasteiger partial charge is 0.344 e. The number of esters is 1. The number of carbonyl (C=O) groups excluding carboxylic acids is 2. The normalized spacial score (nSPS) is 11.0. The van der Waals surface area contributed by atoms with Crippen LogP contribution in [-0.4, -0.2) is 33.5 Å². The summed E-state index contributed by atoms with van der Waals surface area (Å²) in [6, 6.07) is 8.67. The topological polar surface area (TPSA) is 125 Å². The van der Waals surface area contributed by atoms with Crippen molar-refractivity contribution in [1.82, 2.24) is 0 Å². The summed E-state index contributed by atoms with van der Waals surface area (Å²) >= 11 is 5.94. The first-order chi connectivity index (χ1) is 13.1. The summed E-state index contributed by atoms with van der Waals surface area (Å²) in [5.41, 5.74) is 1.88. The fraction of sp³-hybridized carbons (Fsp3) is 0.222. The van der Waals surface area contributed by atoms with Crippen LogP contribution in [0.3, 0.4) is 0 Å². The van der Waals surface area contributed by atoms with Crippen molar-refractivity contribution in [2.45, 2.75) is 18.7 Å². The largest absolute Gasteiger partial charge is 0.481 e. The number of nitrogens with two attached hydrogens (primary N) is 1. The van der Waals surface area contributed by atoms with Crippen LogP contribution in [0.15, 0.2) is 41.3 Å². The molecule has 0 aliphatic rings. The van der Waals surface area contributed by atoms with Crippen LogP contribution in [0.4, 0.5) is 5.69 Å². The molecule has 0 bridgehead atoms. The molecule has 0 saturated carbocycles. The first-order valence-electron chi connectivity index (χ1n) is 8.04. The highest BCUT2D eigenvalue weighted by Crippen LogP contribution is 2.26. The number of ether oxygens (including phenoxy) is 2. The summed E-state index contributed by atoms with van der Waals surface area (Å²) < 4.78 is 32.7. The number of nitrogens with one attached hydrogen (secondary N) is 1. The molecule has 10 heteroatoms. The third kappa shape index (κ3) is 6.22. The molecule has 2 aromatic carbocycles. The lowest BCUT2D eigenvalue weighted by molar-refractivity contribution is -0.149. The van der Waals surface area contributed by atoms with Gasteiger partial charge in [0.2, 0.25) is 10.0 Å². The number of benzene rings is 2. The molecule has 1 amide bonds. The Hall–Kier alpha value is -2.62. The zero-order valence-electron chi connectivity index (χ0n) is 15.2. The number of aryl methyl sites for hydroxylation is 2. The zero-order valence-corrected chi connectivity index (χ0v) is 16.8. The van der Waals surface area contributed by atoms with Gasteiger partial charge in [-0.2, -0.15) is 0 Å². The number of halogens is 1. The second-order valence-electron chi connectivity index (χ2n) is 5.94. The molecule has 28 heavy (non-hydrogen) atoms. The van der Waals surface area contributed by atoms with E-state index < -0.39 is 28.5 Å². The van der Waals surface area contributed by atoms with Gasteiger partial charge in [-0.05, 0) is 61.4 Å². The number of carbonyl (C=O) groups is 2. The summed E-state index contributed by atoms with van der Waals surface area (Å²) in [4.78, 5) is 23.5. The molecular weight excluding hydrogens is 408 g/mol. The van der Waals surface area contributed by atoms with E-state index in [4.69, 9.17) is 26.2 Å². The van der Waals surface area contributed by atoms with E-state index in [0.717, 1.165) is 11.1 Å². The summed E-state index contributed by atoms with van der Waals surface area (Å²) in [6.07, 6.45) is 0. The Morgan fingerprint density at radius 3 is 2.18 bits per heavy atom. The Bertz CT molecular complexity index is 967. The molecular formula is C18H19ClN2O6S. The first-order valence-corrected chi connectivity index (χ1v) is 9.96. The van der Waals surface area contributed by atoms with Gasteiger partial charge in [0.1, 0.15) is 5.75 Å². The molecule has 8 nitrogen and oxygen atoms in total. The molecule has 0 radical (unpaired) electrons. The number of hydrogen-bond acceptors (Lipinski definition) is 6. The number of amides is 1. The van der Waals surface area contributed by atoms with Gasteiger partial charge in [0, 0.05) is 10.7 Å². The number of hydrogen-bond donors (Lipinski definition) is 2. The van der Waals surface area contributed by atoms with Crippen molar-refractivity contribution < 1.29 is 27.5 Å². The Labute approximate surface area is 167 Å². The van der Waals surface area contributed by atoms with E-state index in [1.807, 2.05) is 0 Å². The molecule has 0 saturated heterocycles. The third-order valence-corrected chi connectivity index (χ3v) is 4.74. The van der Waals surface area contributed by atoms with Crippen LogP contribution < -0.4 is 15.2 Å². The second-order valence-corrected chi connectivity index (χ2v) is 7.93. The summed E-state index contributed by atoms with van der Waals surface area (Å²) in [5.74, 6) is -0.773. The summed E-state index contributed by atoms with van der Waals surface area (Å²) in [7, 11) is -3.81. The highest BCUT2D eigenvalue weighted by Gasteiger charge is 2.12. The lowest BCUT2D eigenvalue weighted by atomic mass is 10.1. The van der Waals surface area contributed by atoms with Crippen LogP contribution in [-0.2, 0) is 24.3 Å². The highest BCUT2D eigenvalue weighted by atomic mass is 35.5. The second kappa shape index (κ2) is 9.05. The average molecular weight is 427 g/mol. The molecule has 0 aromatic heterocycles. The van der Waals surface area contributed by atoms with Crippen LogP contribution >= 0.6 is 11.6 Å². The van der Waals surface area contributed by atoms with Gasteiger partial charge in [-0.3, -0.25) is 4.79 Å². The van der Waals surface area contributed by atoms with Crippen molar-refractivity contribution in [3.05, 3.63) is 52.5 Å². The number of primary sulfonamides is 1. The maximum absolute atomic E-state index is 11.8. The van der Waals surface area contributed by atoms with E-state index >= 15 is 0 Å². The molecule has 2 rings (SSSR count). The maximum atomic E-state index is 11.8. The fourth-order valence-electron chi connectivity index (χ4n) is 2.37. The van der Waals surface area contributed by atoms with Gasteiger partial charge in [0.05, 0.1) is 4.90 Å². The molecule has 3 N–H and O–H groups in total. The van der Waals surface area contributed by atoms with E-state index in [1.54, 1.807) is 26.0 Å².